The fourth-order valence-corrected chi connectivity index (χ4v) is 2.48. The Kier molecular flexibility index (Phi) is 14.7. The van der Waals surface area contributed by atoms with Crippen molar-refractivity contribution in [3.8, 4) is 0 Å². The predicted molar refractivity (Wildman–Crippen MR) is 128 cm³/mol. The fourth-order valence-electron chi connectivity index (χ4n) is 2.48. The molecule has 0 rings (SSSR count). The molecule has 0 aromatic rings. The number of unbranched alkanes of at least 4 members (excludes halogenated alkanes) is 4. The number of ketones is 1. The average Bonchev–Trinajstić information content (AvgIpc) is 2.73. The lowest BCUT2D eigenvalue weighted by molar-refractivity contribution is -0.119. The summed E-state index contributed by atoms with van der Waals surface area (Å²) in [6.45, 7) is 0.423. The van der Waals surface area contributed by atoms with Crippen molar-refractivity contribution in [1.82, 2.24) is 4.90 Å². The van der Waals surface area contributed by atoms with Crippen molar-refractivity contribution in [1.29, 1.82) is 0 Å². The maximum atomic E-state index is 11.9. The van der Waals surface area contributed by atoms with Gasteiger partial charge >= 0.3 is 0 Å². The summed E-state index contributed by atoms with van der Waals surface area (Å²) in [5, 5.41) is 0. The molecule has 2 N–H and O–H groups in total. The molecule has 0 saturated carbocycles. The quantitative estimate of drug-likeness (QED) is 0.155. The van der Waals surface area contributed by atoms with Crippen molar-refractivity contribution >= 4 is 17.6 Å². The highest BCUT2D eigenvalue weighted by Crippen LogP contribution is 2.02. The van der Waals surface area contributed by atoms with Crippen LogP contribution in [-0.2, 0) is 9.59 Å². The van der Waals surface area contributed by atoms with E-state index < -0.39 is 25.4 Å². The van der Waals surface area contributed by atoms with Crippen molar-refractivity contribution in [3.63, 3.8) is 0 Å². The summed E-state index contributed by atoms with van der Waals surface area (Å²) in [5.74, 6) is -1.33. The number of nitrogens with zero attached hydrogens (tertiary/aromatic N) is 2. The highest BCUT2D eigenvalue weighted by atomic mass is 16.1. The number of hydrogen-bond acceptors (Lipinski definition) is 2. The van der Waals surface area contributed by atoms with Crippen LogP contribution in [-0.4, -0.2) is 36.1 Å². The summed E-state index contributed by atoms with van der Waals surface area (Å²) in [4.78, 5) is 27.5. The minimum absolute atomic E-state index is 0.160. The molecule has 0 aliphatic carbocycles. The third kappa shape index (κ3) is 18.9. The Bertz CT molecular complexity index is 708. The molecule has 30 heavy (non-hydrogen) atoms. The van der Waals surface area contributed by atoms with Gasteiger partial charge in [0.15, 0.2) is 5.96 Å². The molecule has 0 atom stereocenters. The zero-order valence-corrected chi connectivity index (χ0v) is 18.7. The van der Waals surface area contributed by atoms with Crippen LogP contribution in [0.4, 0.5) is 0 Å². The molecule has 5 nitrogen and oxygen atoms in total. The van der Waals surface area contributed by atoms with Crippen LogP contribution in [0.15, 0.2) is 53.6 Å². The lowest BCUT2D eigenvalue weighted by Gasteiger charge is -2.15. The van der Waals surface area contributed by atoms with Gasteiger partial charge in [0.1, 0.15) is 5.78 Å². The highest BCUT2D eigenvalue weighted by Gasteiger charge is 2.07. The number of allylic oxidation sites excluding steroid dienone is 8. The third-order valence-electron chi connectivity index (χ3n) is 4.12. The minimum Gasteiger partial charge on any atom is -0.369 e. The number of rotatable bonds is 16. The van der Waals surface area contributed by atoms with Gasteiger partial charge in [0, 0.05) is 17.5 Å². The topological polar surface area (TPSA) is 75.8 Å². The number of guanidine groups is 1. The second-order valence-electron chi connectivity index (χ2n) is 7.13. The highest BCUT2D eigenvalue weighted by molar-refractivity contribution is 5.93. The number of carbonyl (C=O) groups is 2. The molecule has 0 heterocycles. The van der Waals surface area contributed by atoms with Crippen molar-refractivity contribution in [2.24, 2.45) is 10.7 Å². The van der Waals surface area contributed by atoms with Crippen LogP contribution in [0.1, 0.15) is 82.2 Å². The van der Waals surface area contributed by atoms with E-state index in [2.05, 4.69) is 48.4 Å². The zero-order chi connectivity index (χ0) is 25.0. The molecule has 0 fully saturated rings. The first-order valence-corrected chi connectivity index (χ1v) is 10.9. The van der Waals surface area contributed by atoms with Crippen LogP contribution in [0.3, 0.4) is 0 Å². The van der Waals surface area contributed by atoms with Gasteiger partial charge in [-0.05, 0) is 51.9 Å². The minimum atomic E-state index is -2.63. The molecule has 0 aliphatic rings. The molecule has 0 saturated heterocycles. The molecule has 0 aromatic heterocycles. The van der Waals surface area contributed by atoms with Crippen LogP contribution >= 0.6 is 0 Å². The number of likely N-dealkylation sites (N-methyl/N-ethyl adjacent to an activating group) is 1. The Balaban J connectivity index is 4.04. The molecule has 168 valence electrons. The van der Waals surface area contributed by atoms with E-state index in [0.29, 0.717) is 11.3 Å². The van der Waals surface area contributed by atoms with E-state index in [1.807, 2.05) is 12.2 Å². The predicted octanol–water partition coefficient (Wildman–Crippen LogP) is 5.49. The van der Waals surface area contributed by atoms with Gasteiger partial charge in [-0.1, -0.05) is 68.4 Å². The smallest absolute Gasteiger partial charge is 0.248 e. The fraction of sp³-hybridized carbons (Fsp3) is 0.560. The van der Waals surface area contributed by atoms with E-state index in [0.717, 1.165) is 25.7 Å². The number of aliphatic imine (C=N–C) groups is 1. The van der Waals surface area contributed by atoms with E-state index in [1.165, 1.54) is 32.6 Å². The van der Waals surface area contributed by atoms with Gasteiger partial charge in [-0.15, -0.1) is 0 Å². The van der Waals surface area contributed by atoms with E-state index in [9.17, 15) is 9.59 Å². The first-order valence-electron chi connectivity index (χ1n) is 12.4. The van der Waals surface area contributed by atoms with Gasteiger partial charge in [-0.3, -0.25) is 9.59 Å². The van der Waals surface area contributed by atoms with E-state index in [1.54, 1.807) is 0 Å². The Hall–Kier alpha value is -2.43. The molecular weight excluding hydrogens is 374 g/mol. The first-order chi connectivity index (χ1) is 15.7. The summed E-state index contributed by atoms with van der Waals surface area (Å²) in [7, 11) is 0. The average molecular weight is 419 g/mol. The molecule has 0 spiro atoms. The molecule has 5 heteroatoms. The molecule has 0 radical (unpaired) electrons. The summed E-state index contributed by atoms with van der Waals surface area (Å²) < 4.78 is 22.2. The van der Waals surface area contributed by atoms with Gasteiger partial charge in [-0.2, -0.15) is 4.99 Å². The van der Waals surface area contributed by atoms with Crippen LogP contribution in [0.25, 0.3) is 0 Å². The van der Waals surface area contributed by atoms with Crippen molar-refractivity contribution in [2.45, 2.75) is 78.1 Å². The lowest BCUT2D eigenvalue weighted by atomic mass is 10.2. The second kappa shape index (κ2) is 19.9. The second-order valence-corrected chi connectivity index (χ2v) is 7.13. The normalized spacial score (nSPS) is 14.6. The van der Waals surface area contributed by atoms with Gasteiger partial charge in [0.05, 0.1) is 6.54 Å². The number of nitrogens with two attached hydrogens (primary N) is 1. The van der Waals surface area contributed by atoms with Crippen molar-refractivity contribution < 1.29 is 13.7 Å². The molecular formula is C25H41N3O2. The Labute approximate surface area is 187 Å². The molecule has 0 aromatic carbocycles. The Morgan fingerprint density at radius 3 is 1.93 bits per heavy atom. The number of Topliss-reactive ketones (excluding diaryl/α,β-unsaturated/α-hetero) is 1. The van der Waals surface area contributed by atoms with E-state index >= 15 is 0 Å². The van der Waals surface area contributed by atoms with Crippen molar-refractivity contribution in [3.05, 3.63) is 48.6 Å². The first kappa shape index (κ1) is 22.3. The van der Waals surface area contributed by atoms with Gasteiger partial charge in [0.25, 0.3) is 0 Å². The maximum Gasteiger partial charge on any atom is 0.248 e. The van der Waals surface area contributed by atoms with Crippen molar-refractivity contribution in [2.75, 3.05) is 13.5 Å². The molecule has 0 bridgehead atoms. The SMILES string of the molecule is [2H]C([2H])([2H])N(CC(C)=O)C(N)=NC(=O)CCC/C=C\C/C=C\C/C=C\C/C=C\CCCCC. The summed E-state index contributed by atoms with van der Waals surface area (Å²) in [6.07, 6.45) is 26.3. The molecule has 1 amide bonds. The standard InChI is InChI=1S/C25H41N3O2/c1-4-5-6-7-8-9-10-11-12-13-14-15-16-17-18-19-20-21-24(30)27-25(26)28(3)22-23(2)29/h8-9,11-12,14-15,17-18H,4-7,10,13,16,19-22H2,1-3H3,(H2,26,27,30)/b9-8-,12-11-,15-14-,18-17-/i3D3. The molecule has 0 unspecified atom stereocenters. The third-order valence-corrected chi connectivity index (χ3v) is 4.12. The summed E-state index contributed by atoms with van der Waals surface area (Å²) in [5.41, 5.74) is 5.63. The Morgan fingerprint density at radius 2 is 1.43 bits per heavy atom. The monoisotopic (exact) mass is 418 g/mol. The number of hydrogen-bond donors (Lipinski definition) is 1. The van der Waals surface area contributed by atoms with Crippen LogP contribution in [0.5, 0.6) is 0 Å². The molecule has 0 aliphatic heterocycles. The van der Waals surface area contributed by atoms with Gasteiger partial charge < -0.3 is 10.6 Å². The van der Waals surface area contributed by atoms with E-state index in [-0.39, 0.29) is 12.2 Å². The summed E-state index contributed by atoms with van der Waals surface area (Å²) >= 11 is 0. The summed E-state index contributed by atoms with van der Waals surface area (Å²) in [6, 6.07) is 0. The van der Waals surface area contributed by atoms with Gasteiger partial charge in [-0.25, -0.2) is 0 Å². The largest absolute Gasteiger partial charge is 0.369 e. The van der Waals surface area contributed by atoms with Crippen LogP contribution in [0, 0.1) is 0 Å². The number of carbonyl (C=O) groups excluding carboxylic acids is 2. The number of amides is 1. The van der Waals surface area contributed by atoms with Gasteiger partial charge in [0.2, 0.25) is 5.91 Å². The maximum absolute atomic E-state index is 11.9. The van der Waals surface area contributed by atoms with Crippen LogP contribution < -0.4 is 5.73 Å². The van der Waals surface area contributed by atoms with E-state index in [4.69, 9.17) is 9.85 Å². The lowest BCUT2D eigenvalue weighted by Crippen LogP contribution is -2.37. The Morgan fingerprint density at radius 1 is 0.900 bits per heavy atom. The van der Waals surface area contributed by atoms with Crippen LogP contribution in [0.2, 0.25) is 0 Å². The zero-order valence-electron chi connectivity index (χ0n) is 21.7.